The second-order valence-electron chi connectivity index (χ2n) is 7.92. The minimum absolute atomic E-state index is 0.0577. The molecule has 10 heteroatoms. The second kappa shape index (κ2) is 5.66. The summed E-state index contributed by atoms with van der Waals surface area (Å²) < 4.78 is 40.0. The minimum Gasteiger partial charge on any atom is -0.427 e. The Bertz CT molecular complexity index is 947. The van der Waals surface area contributed by atoms with Gasteiger partial charge in [0.2, 0.25) is 0 Å². The SMILES string of the molecule is O=C1N[C@@H]([C@@H]2O[C@@H]3CC[C@H]2C3)CN2CC(F)(F)Oc3c(-c4cn[nH]c4)sc1c32. The first-order valence-corrected chi connectivity index (χ1v) is 10.2. The number of fused-ring (bicyclic) bond motifs is 2. The van der Waals surface area contributed by atoms with E-state index < -0.39 is 12.7 Å². The average Bonchev–Trinajstić information content (AvgIpc) is 3.41. The van der Waals surface area contributed by atoms with Crippen LogP contribution >= 0.6 is 11.3 Å². The van der Waals surface area contributed by atoms with Crippen LogP contribution in [-0.4, -0.2) is 53.6 Å². The quantitative estimate of drug-likeness (QED) is 0.799. The van der Waals surface area contributed by atoms with Crippen LogP contribution in [0.4, 0.5) is 14.5 Å². The molecule has 6 rings (SSSR count). The zero-order valence-electron chi connectivity index (χ0n) is 14.8. The van der Waals surface area contributed by atoms with E-state index in [4.69, 9.17) is 9.47 Å². The molecule has 1 aliphatic carbocycles. The lowest BCUT2D eigenvalue weighted by atomic mass is 9.95. The topological polar surface area (TPSA) is 79.5 Å². The van der Waals surface area contributed by atoms with Crippen molar-refractivity contribution >= 4 is 22.9 Å². The number of nitrogens with zero attached hydrogens (tertiary/aromatic N) is 2. The number of rotatable bonds is 2. The molecule has 1 saturated carbocycles. The fourth-order valence-electron chi connectivity index (χ4n) is 5.00. The maximum absolute atomic E-state index is 14.4. The van der Waals surface area contributed by atoms with Gasteiger partial charge in [0.1, 0.15) is 17.1 Å². The van der Waals surface area contributed by atoms with Gasteiger partial charge in [-0.3, -0.25) is 9.89 Å². The van der Waals surface area contributed by atoms with Gasteiger partial charge < -0.3 is 19.7 Å². The summed E-state index contributed by atoms with van der Waals surface area (Å²) in [5.74, 6) is 0.181. The fourth-order valence-corrected chi connectivity index (χ4v) is 6.14. The van der Waals surface area contributed by atoms with E-state index >= 15 is 0 Å². The number of thiophene rings is 1. The summed E-state index contributed by atoms with van der Waals surface area (Å²) in [4.78, 5) is 15.5. The van der Waals surface area contributed by atoms with E-state index in [2.05, 4.69) is 15.5 Å². The largest absolute Gasteiger partial charge is 0.427 e. The summed E-state index contributed by atoms with van der Waals surface area (Å²) in [5, 5.41) is 9.61. The molecule has 0 unspecified atom stereocenters. The molecule has 148 valence electrons. The van der Waals surface area contributed by atoms with E-state index in [-0.39, 0.29) is 36.5 Å². The van der Waals surface area contributed by atoms with Gasteiger partial charge in [-0.15, -0.1) is 11.3 Å². The Balaban J connectivity index is 1.42. The van der Waals surface area contributed by atoms with E-state index in [0.29, 0.717) is 26.9 Å². The third-order valence-corrected chi connectivity index (χ3v) is 7.33. The standard InChI is InChI=1S/C18H18F2N4O3S/c19-18(20)7-24-6-11(13-8-1-2-10(3-8)26-13)23-17(25)16-12(24)14(27-18)15(28-16)9-4-21-22-5-9/h4-5,8,10-11,13H,1-3,6-7H2,(H,21,22)(H,23,25)/t8-,10+,11+,13+/m0/s1. The first-order valence-electron chi connectivity index (χ1n) is 9.42. The van der Waals surface area contributed by atoms with Crippen molar-refractivity contribution in [2.75, 3.05) is 18.0 Å². The average molecular weight is 408 g/mol. The number of alkyl halides is 2. The molecule has 1 saturated heterocycles. The number of anilines is 1. The van der Waals surface area contributed by atoms with Gasteiger partial charge in [-0.25, -0.2) is 0 Å². The Morgan fingerprint density at radius 2 is 2.21 bits per heavy atom. The predicted molar refractivity (Wildman–Crippen MR) is 96.9 cm³/mol. The van der Waals surface area contributed by atoms with Crippen molar-refractivity contribution in [3.63, 3.8) is 0 Å². The minimum atomic E-state index is -3.34. The Labute approximate surface area is 163 Å². The Kier molecular flexibility index (Phi) is 3.38. The number of hydrogen-bond donors (Lipinski definition) is 2. The number of amides is 1. The van der Waals surface area contributed by atoms with Gasteiger partial charge in [0.25, 0.3) is 5.91 Å². The van der Waals surface area contributed by atoms with Gasteiger partial charge in [-0.1, -0.05) is 0 Å². The summed E-state index contributed by atoms with van der Waals surface area (Å²) >= 11 is 1.16. The van der Waals surface area contributed by atoms with Gasteiger partial charge in [-0.2, -0.15) is 13.9 Å². The van der Waals surface area contributed by atoms with Crippen LogP contribution in [0.15, 0.2) is 12.4 Å². The van der Waals surface area contributed by atoms with Crippen LogP contribution in [0.5, 0.6) is 5.75 Å². The van der Waals surface area contributed by atoms with Crippen molar-refractivity contribution in [3.8, 4) is 16.2 Å². The number of aromatic amines is 1. The molecule has 2 N–H and O–H groups in total. The predicted octanol–water partition coefficient (Wildman–Crippen LogP) is 2.61. The molecule has 1 amide bonds. The molecule has 3 aliphatic heterocycles. The van der Waals surface area contributed by atoms with Gasteiger partial charge in [0.05, 0.1) is 29.3 Å². The van der Waals surface area contributed by atoms with Crippen molar-refractivity contribution < 1.29 is 23.0 Å². The third kappa shape index (κ3) is 2.40. The van der Waals surface area contributed by atoms with E-state index in [9.17, 15) is 13.6 Å². The third-order valence-electron chi connectivity index (χ3n) is 6.12. The molecule has 0 spiro atoms. The number of carbonyl (C=O) groups is 1. The number of ether oxygens (including phenoxy) is 2. The summed E-state index contributed by atoms with van der Waals surface area (Å²) in [7, 11) is 0. The highest BCUT2D eigenvalue weighted by atomic mass is 32.1. The zero-order chi connectivity index (χ0) is 19.0. The lowest BCUT2D eigenvalue weighted by Crippen LogP contribution is -2.54. The Hall–Kier alpha value is -2.20. The van der Waals surface area contributed by atoms with E-state index in [0.717, 1.165) is 30.6 Å². The number of nitrogens with one attached hydrogen (secondary N) is 2. The van der Waals surface area contributed by atoms with Crippen molar-refractivity contribution in [1.82, 2.24) is 15.5 Å². The van der Waals surface area contributed by atoms with Gasteiger partial charge in [0.15, 0.2) is 5.75 Å². The van der Waals surface area contributed by atoms with Gasteiger partial charge >= 0.3 is 6.11 Å². The lowest BCUT2D eigenvalue weighted by molar-refractivity contribution is -0.171. The van der Waals surface area contributed by atoms with Gasteiger partial charge in [-0.05, 0) is 25.2 Å². The first-order chi connectivity index (χ1) is 13.5. The molecular weight excluding hydrogens is 390 g/mol. The van der Waals surface area contributed by atoms with E-state index in [1.807, 2.05) is 0 Å². The highest BCUT2D eigenvalue weighted by molar-refractivity contribution is 7.18. The Morgan fingerprint density at radius 3 is 2.93 bits per heavy atom. The highest BCUT2D eigenvalue weighted by Crippen LogP contribution is 2.53. The number of halogens is 2. The number of H-pyrrole nitrogens is 1. The molecular formula is C18H18F2N4O3S. The summed E-state index contributed by atoms with van der Waals surface area (Å²) in [6.07, 6.45) is 3.02. The number of hydrogen-bond acceptors (Lipinski definition) is 6. The van der Waals surface area contributed by atoms with Crippen molar-refractivity contribution in [3.05, 3.63) is 17.3 Å². The zero-order valence-corrected chi connectivity index (χ0v) is 15.6. The fraction of sp³-hybridized carbons (Fsp3) is 0.556. The van der Waals surface area contributed by atoms with Crippen LogP contribution in [0.3, 0.4) is 0 Å². The molecule has 2 bridgehead atoms. The van der Waals surface area contributed by atoms with Gasteiger partial charge in [0, 0.05) is 18.3 Å². The number of aromatic nitrogens is 2. The summed E-state index contributed by atoms with van der Waals surface area (Å²) in [6, 6.07) is -0.318. The highest BCUT2D eigenvalue weighted by Gasteiger charge is 2.50. The molecule has 7 nitrogen and oxygen atoms in total. The van der Waals surface area contributed by atoms with E-state index in [1.54, 1.807) is 11.1 Å². The molecule has 4 aliphatic rings. The molecule has 28 heavy (non-hydrogen) atoms. The molecule has 2 aromatic heterocycles. The summed E-state index contributed by atoms with van der Waals surface area (Å²) in [6.45, 7) is -0.305. The molecule has 0 aromatic carbocycles. The van der Waals surface area contributed by atoms with Crippen LogP contribution < -0.4 is 15.0 Å². The molecule has 2 aromatic rings. The monoisotopic (exact) mass is 408 g/mol. The molecule has 4 atom stereocenters. The number of carbonyl (C=O) groups excluding carboxylic acids is 1. The van der Waals surface area contributed by atoms with Crippen LogP contribution in [0.25, 0.3) is 10.4 Å². The Morgan fingerprint density at radius 1 is 1.32 bits per heavy atom. The summed E-state index contributed by atoms with van der Waals surface area (Å²) in [5.41, 5.74) is 1.07. The maximum atomic E-state index is 14.4. The van der Waals surface area contributed by atoms with Crippen LogP contribution in [0.2, 0.25) is 0 Å². The van der Waals surface area contributed by atoms with Crippen molar-refractivity contribution in [1.29, 1.82) is 0 Å². The first kappa shape index (κ1) is 16.7. The second-order valence-corrected chi connectivity index (χ2v) is 8.94. The van der Waals surface area contributed by atoms with Crippen molar-refractivity contribution in [2.45, 2.75) is 43.6 Å². The van der Waals surface area contributed by atoms with Crippen LogP contribution in [0.1, 0.15) is 28.9 Å². The van der Waals surface area contributed by atoms with Crippen LogP contribution in [0, 0.1) is 5.92 Å². The lowest BCUT2D eigenvalue weighted by Gasteiger charge is -2.37. The van der Waals surface area contributed by atoms with Crippen LogP contribution in [-0.2, 0) is 4.74 Å². The van der Waals surface area contributed by atoms with E-state index in [1.165, 1.54) is 6.20 Å². The molecule has 5 heterocycles. The maximum Gasteiger partial charge on any atom is 0.416 e. The normalized spacial score (nSPS) is 32.6. The molecule has 0 radical (unpaired) electrons. The van der Waals surface area contributed by atoms with Crippen molar-refractivity contribution in [2.24, 2.45) is 5.92 Å². The molecule has 2 fully saturated rings. The smallest absolute Gasteiger partial charge is 0.416 e.